The van der Waals surface area contributed by atoms with E-state index >= 15 is 0 Å². The molecule has 1 radical (unpaired) electrons. The summed E-state index contributed by atoms with van der Waals surface area (Å²) in [6.45, 7) is 0. The van der Waals surface area contributed by atoms with Crippen LogP contribution in [0, 0.1) is 6.20 Å². The molecule has 1 aliphatic heterocycles. The Morgan fingerprint density at radius 1 is 1.56 bits per heavy atom. The van der Waals surface area contributed by atoms with Gasteiger partial charge in [0.05, 0.1) is 12.1 Å². The Morgan fingerprint density at radius 2 is 2.22 bits per heavy atom. The third-order valence-electron chi connectivity index (χ3n) is 0.802. The Balaban J connectivity index is 2.53. The van der Waals surface area contributed by atoms with Crippen LogP contribution in [-0.4, -0.2) is 17.1 Å². The lowest BCUT2D eigenvalue weighted by Crippen LogP contribution is -2.31. The van der Waals surface area contributed by atoms with Crippen LogP contribution in [0.3, 0.4) is 0 Å². The van der Waals surface area contributed by atoms with E-state index in [4.69, 9.17) is 0 Å². The second kappa shape index (κ2) is 2.13. The van der Waals surface area contributed by atoms with Crippen molar-refractivity contribution in [3.63, 3.8) is 0 Å². The maximum atomic E-state index is 11.6. The molecule has 0 bridgehead atoms. The molecule has 0 aromatic carbocycles. The predicted molar refractivity (Wildman–Crippen MR) is 28.2 cm³/mol. The van der Waals surface area contributed by atoms with Gasteiger partial charge in [0.15, 0.2) is 0 Å². The fraction of sp³-hybridized carbons (Fsp3) is 0.500. The molecule has 1 aliphatic rings. The fourth-order valence-corrected chi connectivity index (χ4v) is 1.04. The summed E-state index contributed by atoms with van der Waals surface area (Å²) in [4.78, 5) is 0.206. The quantitative estimate of drug-likeness (QED) is 0.489. The van der Waals surface area contributed by atoms with Crippen LogP contribution in [0.4, 0.5) is 13.2 Å². The van der Waals surface area contributed by atoms with Crippen LogP contribution in [0.25, 0.3) is 0 Å². The minimum absolute atomic E-state index is 0.0660. The van der Waals surface area contributed by atoms with E-state index in [1.54, 1.807) is 0 Å². The molecule has 0 unspecified atom stereocenters. The minimum atomic E-state index is -4.25. The van der Waals surface area contributed by atoms with E-state index in [9.17, 15) is 13.2 Å². The van der Waals surface area contributed by atoms with Gasteiger partial charge in [-0.2, -0.15) is 13.2 Å². The molecule has 1 nitrogen and oxygen atoms in total. The first kappa shape index (κ1) is 6.80. The van der Waals surface area contributed by atoms with E-state index in [2.05, 4.69) is 0 Å². The Bertz CT molecular complexity index is 130. The summed E-state index contributed by atoms with van der Waals surface area (Å²) in [5.74, 6) is -0.0660. The molecule has 5 heteroatoms. The molecule has 0 aromatic heterocycles. The van der Waals surface area contributed by atoms with Crippen LogP contribution >= 0.6 is 11.8 Å². The van der Waals surface area contributed by atoms with E-state index in [1.807, 2.05) is 6.20 Å². The Morgan fingerprint density at radius 3 is 2.44 bits per heavy atom. The molecular formula is C4H3F3NS. The monoisotopic (exact) mass is 154 g/mol. The number of halogens is 3. The first-order valence-corrected chi connectivity index (χ1v) is 3.19. The van der Waals surface area contributed by atoms with Gasteiger partial charge in [-0.15, -0.1) is 11.8 Å². The van der Waals surface area contributed by atoms with E-state index < -0.39 is 6.30 Å². The standard InChI is InChI=1S/C4H3F3NS/c5-4(6,7)8-1-2-9-3-8/h2H,3H2. The number of alkyl halides is 3. The van der Waals surface area contributed by atoms with Gasteiger partial charge in [0, 0.05) is 0 Å². The second-order valence-electron chi connectivity index (χ2n) is 1.44. The highest BCUT2D eigenvalue weighted by molar-refractivity contribution is 8.02. The molecule has 0 atom stereocenters. The van der Waals surface area contributed by atoms with Crippen molar-refractivity contribution in [2.45, 2.75) is 6.30 Å². The maximum Gasteiger partial charge on any atom is 0.485 e. The molecular weight excluding hydrogens is 151 g/mol. The minimum Gasteiger partial charge on any atom is -0.272 e. The molecule has 0 saturated carbocycles. The third kappa shape index (κ3) is 1.54. The highest BCUT2D eigenvalue weighted by Gasteiger charge is 2.36. The molecule has 0 fully saturated rings. The van der Waals surface area contributed by atoms with E-state index in [1.165, 1.54) is 5.41 Å². The molecule has 0 amide bonds. The Hall–Kier alpha value is -0.320. The van der Waals surface area contributed by atoms with Crippen molar-refractivity contribution in [3.8, 4) is 0 Å². The maximum absolute atomic E-state index is 11.6. The summed E-state index contributed by atoms with van der Waals surface area (Å²) >= 11 is 1.08. The molecule has 0 aromatic rings. The van der Waals surface area contributed by atoms with Gasteiger partial charge in [0.2, 0.25) is 0 Å². The van der Waals surface area contributed by atoms with Crippen molar-refractivity contribution in [1.82, 2.24) is 4.90 Å². The van der Waals surface area contributed by atoms with Gasteiger partial charge in [-0.3, -0.25) is 4.90 Å². The fourth-order valence-electron chi connectivity index (χ4n) is 0.396. The summed E-state index contributed by atoms with van der Waals surface area (Å²) in [5.41, 5.74) is 0. The number of hydrogen-bond acceptors (Lipinski definition) is 2. The highest BCUT2D eigenvalue weighted by atomic mass is 32.2. The van der Waals surface area contributed by atoms with Crippen molar-refractivity contribution < 1.29 is 13.2 Å². The zero-order valence-electron chi connectivity index (χ0n) is 4.27. The van der Waals surface area contributed by atoms with Crippen LogP contribution in [0.1, 0.15) is 0 Å². The Labute approximate surface area is 54.5 Å². The van der Waals surface area contributed by atoms with Gasteiger partial charge in [0.1, 0.15) is 0 Å². The van der Waals surface area contributed by atoms with Gasteiger partial charge in [-0.05, 0) is 5.41 Å². The van der Waals surface area contributed by atoms with Gasteiger partial charge in [-0.1, -0.05) is 0 Å². The molecule has 0 N–H and O–H groups in total. The predicted octanol–water partition coefficient (Wildman–Crippen LogP) is 1.79. The van der Waals surface area contributed by atoms with Gasteiger partial charge >= 0.3 is 6.30 Å². The normalized spacial score (nSPS) is 19.2. The SMILES string of the molecule is FC(F)(F)N1[C]=CSC1. The van der Waals surface area contributed by atoms with Crippen LogP contribution in [0.2, 0.25) is 0 Å². The lowest BCUT2D eigenvalue weighted by atomic mass is 10.8. The average Bonchev–Trinajstić information content (AvgIpc) is 2.08. The van der Waals surface area contributed by atoms with Gasteiger partial charge in [-0.25, -0.2) is 0 Å². The number of nitrogens with zero attached hydrogens (tertiary/aromatic N) is 1. The van der Waals surface area contributed by atoms with Gasteiger partial charge < -0.3 is 0 Å². The molecule has 1 heterocycles. The van der Waals surface area contributed by atoms with Crippen LogP contribution in [-0.2, 0) is 0 Å². The van der Waals surface area contributed by atoms with Crippen molar-refractivity contribution >= 4 is 11.8 Å². The average molecular weight is 154 g/mol. The topological polar surface area (TPSA) is 3.24 Å². The van der Waals surface area contributed by atoms with Gasteiger partial charge in [0.25, 0.3) is 0 Å². The molecule has 0 aliphatic carbocycles. The van der Waals surface area contributed by atoms with E-state index in [0.717, 1.165) is 11.8 Å². The summed E-state index contributed by atoms with van der Waals surface area (Å²) in [5, 5.41) is 1.30. The van der Waals surface area contributed by atoms with Crippen LogP contribution in [0.15, 0.2) is 5.41 Å². The summed E-state index contributed by atoms with van der Waals surface area (Å²) < 4.78 is 34.8. The van der Waals surface area contributed by atoms with E-state index in [0.29, 0.717) is 0 Å². The largest absolute Gasteiger partial charge is 0.485 e. The van der Waals surface area contributed by atoms with Crippen LogP contribution in [0.5, 0.6) is 0 Å². The van der Waals surface area contributed by atoms with Crippen molar-refractivity contribution in [2.75, 3.05) is 5.88 Å². The zero-order chi connectivity index (χ0) is 6.91. The molecule has 1 rings (SSSR count). The number of thioether (sulfide) groups is 1. The Kier molecular flexibility index (Phi) is 1.61. The number of hydrogen-bond donors (Lipinski definition) is 0. The molecule has 9 heavy (non-hydrogen) atoms. The van der Waals surface area contributed by atoms with Crippen LogP contribution < -0.4 is 0 Å². The molecule has 0 spiro atoms. The zero-order valence-corrected chi connectivity index (χ0v) is 5.09. The van der Waals surface area contributed by atoms with Crippen molar-refractivity contribution in [3.05, 3.63) is 11.6 Å². The van der Waals surface area contributed by atoms with Crippen molar-refractivity contribution in [1.29, 1.82) is 0 Å². The first-order valence-electron chi connectivity index (χ1n) is 2.14. The lowest BCUT2D eigenvalue weighted by Gasteiger charge is -2.16. The first-order chi connectivity index (χ1) is 4.11. The smallest absolute Gasteiger partial charge is 0.272 e. The third-order valence-corrected chi connectivity index (χ3v) is 1.48. The van der Waals surface area contributed by atoms with Crippen molar-refractivity contribution in [2.24, 2.45) is 0 Å². The summed E-state index contributed by atoms with van der Waals surface area (Å²) in [6.07, 6.45) is -2.21. The lowest BCUT2D eigenvalue weighted by molar-refractivity contribution is -0.223. The molecule has 51 valence electrons. The second-order valence-corrected chi connectivity index (χ2v) is 2.27. The summed E-state index contributed by atoms with van der Waals surface area (Å²) in [7, 11) is 0. The highest BCUT2D eigenvalue weighted by Crippen LogP contribution is 2.27. The van der Waals surface area contributed by atoms with E-state index in [-0.39, 0.29) is 10.8 Å². The molecule has 0 saturated heterocycles. The number of rotatable bonds is 0. The summed E-state index contributed by atoms with van der Waals surface area (Å²) in [6, 6.07) is 0.